The molecule has 3 aromatic rings. The average Bonchev–Trinajstić information content (AvgIpc) is 2.73. The van der Waals surface area contributed by atoms with Crippen molar-refractivity contribution in [3.8, 4) is 0 Å². The summed E-state index contributed by atoms with van der Waals surface area (Å²) in [6.45, 7) is 1.48. The molecule has 2 aromatic carbocycles. The summed E-state index contributed by atoms with van der Waals surface area (Å²) in [5.74, 6) is -1.21. The number of benzene rings is 2. The number of allylic oxidation sites excluding steroid dienone is 1. The van der Waals surface area contributed by atoms with Crippen molar-refractivity contribution in [2.75, 3.05) is 0 Å². The Labute approximate surface area is 169 Å². The first-order chi connectivity index (χ1) is 14.0. The van der Waals surface area contributed by atoms with Gasteiger partial charge in [0.2, 0.25) is 0 Å². The van der Waals surface area contributed by atoms with Crippen molar-refractivity contribution in [1.82, 2.24) is 4.98 Å². The molecule has 1 amide bonds. The third-order valence-electron chi connectivity index (χ3n) is 5.20. The first-order valence-electron chi connectivity index (χ1n) is 9.72. The van der Waals surface area contributed by atoms with E-state index in [-0.39, 0.29) is 0 Å². The molecule has 1 aliphatic carbocycles. The number of hydrogen-bond donors (Lipinski definition) is 1. The maximum absolute atomic E-state index is 13.0. The number of ether oxygens (including phenoxy) is 1. The molecule has 5 heteroatoms. The molecule has 0 radical (unpaired) electrons. The fourth-order valence-electron chi connectivity index (χ4n) is 3.74. The molecule has 0 spiro atoms. The van der Waals surface area contributed by atoms with E-state index < -0.39 is 18.0 Å². The van der Waals surface area contributed by atoms with Crippen LogP contribution in [0.15, 0.2) is 54.6 Å². The highest BCUT2D eigenvalue weighted by molar-refractivity contribution is 6.07. The molecule has 146 valence electrons. The van der Waals surface area contributed by atoms with E-state index in [9.17, 15) is 9.59 Å². The number of aromatic nitrogens is 1. The van der Waals surface area contributed by atoms with Crippen LogP contribution in [0.25, 0.3) is 22.6 Å². The molecule has 0 unspecified atom stereocenters. The van der Waals surface area contributed by atoms with Crippen LogP contribution in [0.3, 0.4) is 0 Å². The third-order valence-corrected chi connectivity index (χ3v) is 5.20. The number of carbonyl (C=O) groups is 2. The highest BCUT2D eigenvalue weighted by atomic mass is 16.5. The van der Waals surface area contributed by atoms with Gasteiger partial charge in [-0.15, -0.1) is 0 Å². The van der Waals surface area contributed by atoms with Gasteiger partial charge < -0.3 is 10.5 Å². The average molecular weight is 386 g/mol. The van der Waals surface area contributed by atoms with Crippen molar-refractivity contribution < 1.29 is 14.3 Å². The van der Waals surface area contributed by atoms with Crippen LogP contribution in [-0.4, -0.2) is 23.0 Å². The van der Waals surface area contributed by atoms with Crippen molar-refractivity contribution in [1.29, 1.82) is 0 Å². The summed E-state index contributed by atoms with van der Waals surface area (Å²) in [6, 6.07) is 17.6. The second-order valence-electron chi connectivity index (χ2n) is 7.21. The van der Waals surface area contributed by atoms with Crippen molar-refractivity contribution in [3.63, 3.8) is 0 Å². The Morgan fingerprint density at radius 3 is 2.55 bits per heavy atom. The summed E-state index contributed by atoms with van der Waals surface area (Å²) in [6.07, 6.45) is 3.67. The molecule has 0 saturated carbocycles. The molecule has 0 saturated heterocycles. The highest BCUT2D eigenvalue weighted by Gasteiger charge is 2.27. The zero-order chi connectivity index (χ0) is 20.4. The largest absolute Gasteiger partial charge is 0.449 e. The van der Waals surface area contributed by atoms with Crippen LogP contribution in [0.5, 0.6) is 0 Å². The number of fused-ring (bicyclic) bond motifs is 2. The van der Waals surface area contributed by atoms with Crippen molar-refractivity contribution in [2.45, 2.75) is 32.3 Å². The maximum Gasteiger partial charge on any atom is 0.339 e. The van der Waals surface area contributed by atoms with Gasteiger partial charge in [-0.25, -0.2) is 9.78 Å². The Bertz CT molecular complexity index is 1120. The molecule has 1 aliphatic rings. The van der Waals surface area contributed by atoms with Crippen molar-refractivity contribution >= 4 is 34.4 Å². The van der Waals surface area contributed by atoms with Crippen LogP contribution >= 0.6 is 0 Å². The molecule has 5 nitrogen and oxygen atoms in total. The molecular formula is C24H22N2O3. The SMILES string of the molecule is C[C@H](OC(=O)c1c2c(nc3ccccc13)/C(=C/c1ccccc1)CCC2)C(N)=O. The van der Waals surface area contributed by atoms with Crippen LogP contribution in [0.1, 0.15) is 46.9 Å². The fourth-order valence-corrected chi connectivity index (χ4v) is 3.74. The molecular weight excluding hydrogens is 364 g/mol. The van der Waals surface area contributed by atoms with E-state index in [1.165, 1.54) is 6.92 Å². The van der Waals surface area contributed by atoms with Gasteiger partial charge in [0.15, 0.2) is 6.10 Å². The second-order valence-corrected chi connectivity index (χ2v) is 7.21. The zero-order valence-electron chi connectivity index (χ0n) is 16.2. The highest BCUT2D eigenvalue weighted by Crippen LogP contribution is 2.36. The minimum Gasteiger partial charge on any atom is -0.449 e. The molecule has 0 fully saturated rings. The van der Waals surface area contributed by atoms with Crippen LogP contribution in [-0.2, 0) is 16.0 Å². The van der Waals surface area contributed by atoms with Crippen LogP contribution in [0.4, 0.5) is 0 Å². The lowest BCUT2D eigenvalue weighted by Crippen LogP contribution is -2.31. The van der Waals surface area contributed by atoms with Crippen LogP contribution in [0, 0.1) is 0 Å². The summed E-state index contributed by atoms with van der Waals surface area (Å²) >= 11 is 0. The normalized spacial score (nSPS) is 15.7. The summed E-state index contributed by atoms with van der Waals surface area (Å²) in [4.78, 5) is 29.3. The molecule has 0 bridgehead atoms. The van der Waals surface area contributed by atoms with E-state index in [0.717, 1.165) is 52.6 Å². The number of amides is 1. The second kappa shape index (κ2) is 7.87. The number of pyridine rings is 1. The predicted molar refractivity (Wildman–Crippen MR) is 113 cm³/mol. The monoisotopic (exact) mass is 386 g/mol. The van der Waals surface area contributed by atoms with Gasteiger partial charge in [0.1, 0.15) is 0 Å². The lowest BCUT2D eigenvalue weighted by molar-refractivity contribution is -0.125. The molecule has 1 aromatic heterocycles. The Kier molecular flexibility index (Phi) is 5.12. The Morgan fingerprint density at radius 2 is 1.79 bits per heavy atom. The van der Waals surface area contributed by atoms with Gasteiger partial charge in [-0.1, -0.05) is 48.5 Å². The van der Waals surface area contributed by atoms with Gasteiger partial charge in [0.25, 0.3) is 5.91 Å². The number of primary amides is 1. The Hall–Kier alpha value is -3.47. The van der Waals surface area contributed by atoms with E-state index in [1.807, 2.05) is 54.6 Å². The topological polar surface area (TPSA) is 82.3 Å². The third kappa shape index (κ3) is 3.76. The predicted octanol–water partition coefficient (Wildman–Crippen LogP) is 4.14. The van der Waals surface area contributed by atoms with Crippen molar-refractivity contribution in [2.24, 2.45) is 5.73 Å². The van der Waals surface area contributed by atoms with Gasteiger partial charge in [0, 0.05) is 5.39 Å². The summed E-state index contributed by atoms with van der Waals surface area (Å²) in [7, 11) is 0. The minimum atomic E-state index is -0.993. The number of esters is 1. The van der Waals surface area contributed by atoms with Crippen molar-refractivity contribution in [3.05, 3.63) is 77.0 Å². The van der Waals surface area contributed by atoms with E-state index in [1.54, 1.807) is 0 Å². The van der Waals surface area contributed by atoms with Gasteiger partial charge in [-0.05, 0) is 55.0 Å². The standard InChI is InChI=1S/C24H22N2O3/c1-15(23(25)27)29-24(28)21-18-11-5-6-13-20(18)26-22-17(10-7-12-19(21)22)14-16-8-3-2-4-9-16/h2-6,8-9,11,13-15H,7,10,12H2,1H3,(H2,25,27)/b17-14+/t15-/m0/s1. The van der Waals surface area contributed by atoms with Gasteiger partial charge >= 0.3 is 5.97 Å². The van der Waals surface area contributed by atoms with Crippen LogP contribution in [0.2, 0.25) is 0 Å². The van der Waals surface area contributed by atoms with E-state index in [0.29, 0.717) is 5.56 Å². The number of nitrogens with zero attached hydrogens (tertiary/aromatic N) is 1. The summed E-state index contributed by atoms with van der Waals surface area (Å²) in [5.41, 5.74) is 10.4. The van der Waals surface area contributed by atoms with E-state index >= 15 is 0 Å². The molecule has 2 N–H and O–H groups in total. The van der Waals surface area contributed by atoms with Gasteiger partial charge in [0.05, 0.1) is 16.8 Å². The number of nitrogens with two attached hydrogens (primary N) is 1. The number of rotatable bonds is 4. The molecule has 0 aliphatic heterocycles. The van der Waals surface area contributed by atoms with Crippen LogP contribution < -0.4 is 5.73 Å². The molecule has 1 atom stereocenters. The zero-order valence-corrected chi connectivity index (χ0v) is 16.2. The van der Waals surface area contributed by atoms with Gasteiger partial charge in [-0.2, -0.15) is 0 Å². The minimum absolute atomic E-state index is 0.484. The number of hydrogen-bond acceptors (Lipinski definition) is 4. The number of para-hydroxylation sites is 1. The van der Waals surface area contributed by atoms with E-state index in [2.05, 4.69) is 6.08 Å². The van der Waals surface area contributed by atoms with Gasteiger partial charge in [-0.3, -0.25) is 4.79 Å². The lowest BCUT2D eigenvalue weighted by Gasteiger charge is -2.23. The Balaban J connectivity index is 1.89. The first-order valence-corrected chi connectivity index (χ1v) is 9.72. The maximum atomic E-state index is 13.0. The Morgan fingerprint density at radius 1 is 1.07 bits per heavy atom. The van der Waals surface area contributed by atoms with E-state index in [4.69, 9.17) is 15.5 Å². The lowest BCUT2D eigenvalue weighted by atomic mass is 9.86. The molecule has 4 rings (SSSR count). The fraction of sp³-hybridized carbons (Fsp3) is 0.208. The molecule has 29 heavy (non-hydrogen) atoms. The first kappa shape index (κ1) is 18.9. The smallest absolute Gasteiger partial charge is 0.339 e. The number of carbonyl (C=O) groups excluding carboxylic acids is 2. The quantitative estimate of drug-likeness (QED) is 0.683. The molecule has 1 heterocycles. The summed E-state index contributed by atoms with van der Waals surface area (Å²) < 4.78 is 5.36. The summed E-state index contributed by atoms with van der Waals surface area (Å²) in [5, 5.41) is 0.730.